The number of nitrogens with two attached hydrogens (primary N) is 1. The molecule has 0 radical (unpaired) electrons. The minimum Gasteiger partial charge on any atom is -0.388 e. The van der Waals surface area contributed by atoms with Gasteiger partial charge in [0.15, 0.2) is 0 Å². The largest absolute Gasteiger partial charge is 0.388 e. The van der Waals surface area contributed by atoms with Gasteiger partial charge in [-0.05, 0) is 33.2 Å². The predicted molar refractivity (Wildman–Crippen MR) is 71.8 cm³/mol. The maximum Gasteiger partial charge on any atom is 0.122 e. The molecule has 0 saturated heterocycles. The summed E-state index contributed by atoms with van der Waals surface area (Å²) in [4.78, 5) is 6.64. The molecule has 0 saturated carbocycles. The van der Waals surface area contributed by atoms with E-state index in [1.54, 1.807) is 6.20 Å². The predicted octanol–water partition coefficient (Wildman–Crippen LogP) is 1.08. The van der Waals surface area contributed by atoms with E-state index < -0.39 is 0 Å². The minimum atomic E-state index is 0.327. The van der Waals surface area contributed by atoms with Crippen molar-refractivity contribution in [2.75, 3.05) is 26.0 Å². The molecule has 3 N–H and O–H groups in total. The number of likely N-dealkylation sites (N-methyl/N-ethyl adjacent to an activating group) is 1. The molecule has 0 bridgehead atoms. The lowest BCUT2D eigenvalue weighted by molar-refractivity contribution is 0.326. The van der Waals surface area contributed by atoms with Crippen LogP contribution < -0.4 is 11.1 Å². The Morgan fingerprint density at radius 2 is 2.25 bits per heavy atom. The molecule has 0 aromatic carbocycles. The number of pyridine rings is 1. The van der Waals surface area contributed by atoms with E-state index in [0.717, 1.165) is 12.2 Å². The van der Waals surface area contributed by atoms with Gasteiger partial charge < -0.3 is 16.0 Å². The van der Waals surface area contributed by atoms with Crippen LogP contribution in [-0.2, 0) is 0 Å². The third kappa shape index (κ3) is 3.75. The fraction of sp³-hybridized carbons (Fsp3) is 0.455. The van der Waals surface area contributed by atoms with E-state index in [1.165, 1.54) is 0 Å². The first kappa shape index (κ1) is 12.9. The van der Waals surface area contributed by atoms with Gasteiger partial charge in [-0.15, -0.1) is 0 Å². The zero-order valence-corrected chi connectivity index (χ0v) is 10.7. The lowest BCUT2D eigenvalue weighted by Gasteiger charge is -2.20. The van der Waals surface area contributed by atoms with Gasteiger partial charge >= 0.3 is 0 Å². The SMILES string of the molecule is CC(CNc1ccc(C(N)=S)nc1)N(C)C. The molecule has 0 aliphatic heterocycles. The molecule has 88 valence electrons. The van der Waals surface area contributed by atoms with E-state index in [9.17, 15) is 0 Å². The maximum absolute atomic E-state index is 5.47. The third-order valence-corrected chi connectivity index (χ3v) is 2.71. The van der Waals surface area contributed by atoms with Crippen molar-refractivity contribution in [1.82, 2.24) is 9.88 Å². The van der Waals surface area contributed by atoms with Crippen LogP contribution in [-0.4, -0.2) is 41.6 Å². The molecule has 1 aromatic heterocycles. The van der Waals surface area contributed by atoms with Crippen LogP contribution in [0.5, 0.6) is 0 Å². The quantitative estimate of drug-likeness (QED) is 0.752. The van der Waals surface area contributed by atoms with E-state index in [-0.39, 0.29) is 0 Å². The highest BCUT2D eigenvalue weighted by Gasteiger charge is 2.04. The highest BCUT2D eigenvalue weighted by Crippen LogP contribution is 2.06. The van der Waals surface area contributed by atoms with Crippen molar-refractivity contribution >= 4 is 22.9 Å². The molecule has 1 unspecified atom stereocenters. The second-order valence-electron chi connectivity index (χ2n) is 3.99. The van der Waals surface area contributed by atoms with Gasteiger partial charge in [-0.3, -0.25) is 4.98 Å². The first-order valence-corrected chi connectivity index (χ1v) is 5.57. The summed E-state index contributed by atoms with van der Waals surface area (Å²) in [6.07, 6.45) is 1.75. The number of rotatable bonds is 5. The van der Waals surface area contributed by atoms with Gasteiger partial charge in [-0.2, -0.15) is 0 Å². The normalized spacial score (nSPS) is 12.5. The number of thiocarbonyl (C=S) groups is 1. The van der Waals surface area contributed by atoms with Gasteiger partial charge in [0, 0.05) is 12.6 Å². The van der Waals surface area contributed by atoms with Crippen LogP contribution >= 0.6 is 12.2 Å². The average molecular weight is 238 g/mol. The van der Waals surface area contributed by atoms with E-state index in [1.807, 2.05) is 12.1 Å². The van der Waals surface area contributed by atoms with Gasteiger partial charge in [0.1, 0.15) is 4.99 Å². The Bertz CT molecular complexity index is 348. The molecule has 0 aliphatic carbocycles. The first-order valence-electron chi connectivity index (χ1n) is 5.17. The summed E-state index contributed by atoms with van der Waals surface area (Å²) in [7, 11) is 4.11. The molecular formula is C11H18N4S. The molecule has 1 heterocycles. The van der Waals surface area contributed by atoms with Crippen molar-refractivity contribution in [1.29, 1.82) is 0 Å². The molecule has 0 spiro atoms. The lowest BCUT2D eigenvalue weighted by atomic mass is 10.3. The second-order valence-corrected chi connectivity index (χ2v) is 4.43. The van der Waals surface area contributed by atoms with E-state index in [2.05, 4.69) is 36.2 Å². The van der Waals surface area contributed by atoms with E-state index in [4.69, 9.17) is 18.0 Å². The third-order valence-electron chi connectivity index (χ3n) is 2.50. The summed E-state index contributed by atoms with van der Waals surface area (Å²) >= 11 is 4.83. The van der Waals surface area contributed by atoms with Crippen molar-refractivity contribution < 1.29 is 0 Å². The summed E-state index contributed by atoms with van der Waals surface area (Å²) in [6.45, 7) is 3.03. The number of anilines is 1. The van der Waals surface area contributed by atoms with E-state index >= 15 is 0 Å². The zero-order chi connectivity index (χ0) is 12.1. The Hall–Kier alpha value is -1.20. The van der Waals surface area contributed by atoms with Crippen LogP contribution in [0.3, 0.4) is 0 Å². The van der Waals surface area contributed by atoms with Crippen molar-refractivity contribution in [2.45, 2.75) is 13.0 Å². The standard InChI is InChI=1S/C11H18N4S/c1-8(15(2)3)6-13-9-4-5-10(11(12)16)14-7-9/h4-5,7-8,13H,6H2,1-3H3,(H2,12,16). The molecule has 0 amide bonds. The summed E-state index contributed by atoms with van der Waals surface area (Å²) in [6, 6.07) is 4.23. The molecule has 0 fully saturated rings. The maximum atomic E-state index is 5.47. The van der Waals surface area contributed by atoms with Crippen LogP contribution in [0.4, 0.5) is 5.69 Å². The van der Waals surface area contributed by atoms with Crippen LogP contribution in [0.25, 0.3) is 0 Å². The minimum absolute atomic E-state index is 0.327. The number of nitrogens with zero attached hydrogens (tertiary/aromatic N) is 2. The Morgan fingerprint density at radius 1 is 1.56 bits per heavy atom. The molecule has 4 nitrogen and oxygen atoms in total. The molecule has 5 heteroatoms. The highest BCUT2D eigenvalue weighted by molar-refractivity contribution is 7.80. The summed E-state index contributed by atoms with van der Waals surface area (Å²) in [5.74, 6) is 0. The number of hydrogen-bond acceptors (Lipinski definition) is 4. The molecule has 16 heavy (non-hydrogen) atoms. The second kappa shape index (κ2) is 5.77. The van der Waals surface area contributed by atoms with Crippen molar-refractivity contribution in [3.05, 3.63) is 24.0 Å². The molecule has 0 aliphatic rings. The van der Waals surface area contributed by atoms with Crippen LogP contribution in [0.15, 0.2) is 18.3 Å². The Morgan fingerprint density at radius 3 is 2.69 bits per heavy atom. The first-order chi connectivity index (χ1) is 7.50. The molecule has 1 rings (SSSR count). The van der Waals surface area contributed by atoms with Gasteiger partial charge in [0.2, 0.25) is 0 Å². The fourth-order valence-electron chi connectivity index (χ4n) is 1.09. The summed E-state index contributed by atoms with van der Waals surface area (Å²) < 4.78 is 0. The Kier molecular flexibility index (Phi) is 4.64. The van der Waals surface area contributed by atoms with Gasteiger partial charge in [-0.1, -0.05) is 12.2 Å². The van der Waals surface area contributed by atoms with E-state index in [0.29, 0.717) is 16.7 Å². The highest BCUT2D eigenvalue weighted by atomic mass is 32.1. The monoisotopic (exact) mass is 238 g/mol. The van der Waals surface area contributed by atoms with Crippen LogP contribution in [0.2, 0.25) is 0 Å². The average Bonchev–Trinajstić information content (AvgIpc) is 2.26. The van der Waals surface area contributed by atoms with Crippen LogP contribution in [0.1, 0.15) is 12.6 Å². The van der Waals surface area contributed by atoms with Crippen LogP contribution in [0, 0.1) is 0 Å². The van der Waals surface area contributed by atoms with Gasteiger partial charge in [-0.25, -0.2) is 0 Å². The van der Waals surface area contributed by atoms with Gasteiger partial charge in [0.25, 0.3) is 0 Å². The van der Waals surface area contributed by atoms with Gasteiger partial charge in [0.05, 0.1) is 17.6 Å². The lowest BCUT2D eigenvalue weighted by Crippen LogP contribution is -2.31. The number of aromatic nitrogens is 1. The van der Waals surface area contributed by atoms with Crippen molar-refractivity contribution in [3.8, 4) is 0 Å². The topological polar surface area (TPSA) is 54.2 Å². The smallest absolute Gasteiger partial charge is 0.122 e. The summed E-state index contributed by atoms with van der Waals surface area (Å²) in [5.41, 5.74) is 7.10. The zero-order valence-electron chi connectivity index (χ0n) is 9.90. The fourth-order valence-corrected chi connectivity index (χ4v) is 1.21. The molecule has 1 aromatic rings. The molecule has 1 atom stereocenters. The van der Waals surface area contributed by atoms with Crippen molar-refractivity contribution in [2.24, 2.45) is 5.73 Å². The Balaban J connectivity index is 2.53. The van der Waals surface area contributed by atoms with Crippen molar-refractivity contribution in [3.63, 3.8) is 0 Å². The Labute approximate surface area is 102 Å². The number of hydrogen-bond donors (Lipinski definition) is 2. The molecular weight excluding hydrogens is 220 g/mol. The number of nitrogens with one attached hydrogen (secondary N) is 1. The summed E-state index contributed by atoms with van der Waals surface area (Å²) in [5, 5.41) is 3.30.